The topological polar surface area (TPSA) is 3.24 Å². The van der Waals surface area contributed by atoms with Gasteiger partial charge in [-0.15, -0.1) is 6.42 Å². The van der Waals surface area contributed by atoms with Gasteiger partial charge in [-0.1, -0.05) is 54.1 Å². The predicted molar refractivity (Wildman–Crippen MR) is 91.6 cm³/mol. The molecule has 0 N–H and O–H groups in total. The molecular formula is C19H15NS. The Morgan fingerprint density at radius 3 is 2.48 bits per heavy atom. The molecule has 1 nitrogen and oxygen atoms in total. The number of rotatable bonds is 1. The van der Waals surface area contributed by atoms with Crippen LogP contribution in [0.15, 0.2) is 82.2 Å². The maximum absolute atomic E-state index is 5.49. The Morgan fingerprint density at radius 2 is 1.76 bits per heavy atom. The molecule has 0 fully saturated rings. The van der Waals surface area contributed by atoms with Crippen LogP contribution in [0.5, 0.6) is 0 Å². The summed E-state index contributed by atoms with van der Waals surface area (Å²) in [7, 11) is 0. The summed E-state index contributed by atoms with van der Waals surface area (Å²) >= 11 is 1.72. The van der Waals surface area contributed by atoms with Crippen LogP contribution >= 0.6 is 11.8 Å². The van der Waals surface area contributed by atoms with Crippen LogP contribution in [0.3, 0.4) is 0 Å². The molecule has 0 aromatic heterocycles. The highest BCUT2D eigenvalue weighted by molar-refractivity contribution is 8.03. The van der Waals surface area contributed by atoms with E-state index in [4.69, 9.17) is 6.42 Å². The predicted octanol–water partition coefficient (Wildman–Crippen LogP) is 5.35. The Morgan fingerprint density at radius 1 is 1.05 bits per heavy atom. The van der Waals surface area contributed by atoms with Crippen molar-refractivity contribution in [3.63, 3.8) is 0 Å². The second kappa shape index (κ2) is 5.95. The zero-order valence-electron chi connectivity index (χ0n) is 11.8. The monoisotopic (exact) mass is 289 g/mol. The summed E-state index contributed by atoms with van der Waals surface area (Å²) in [6.45, 7) is 2.05. The fourth-order valence-corrected chi connectivity index (χ4v) is 3.53. The maximum atomic E-state index is 5.49. The number of hydrogen-bond donors (Lipinski definition) is 0. The summed E-state index contributed by atoms with van der Waals surface area (Å²) < 4.78 is 0. The van der Waals surface area contributed by atoms with Crippen LogP contribution in [0.2, 0.25) is 0 Å². The number of nitrogens with zero attached hydrogens (tertiary/aromatic N) is 1. The first-order valence-electron chi connectivity index (χ1n) is 6.80. The molecule has 102 valence electrons. The highest BCUT2D eigenvalue weighted by atomic mass is 32.2. The zero-order chi connectivity index (χ0) is 14.7. The van der Waals surface area contributed by atoms with E-state index >= 15 is 0 Å². The van der Waals surface area contributed by atoms with Crippen LogP contribution in [0.1, 0.15) is 6.92 Å². The van der Waals surface area contributed by atoms with Crippen LogP contribution in [0.25, 0.3) is 0 Å². The fourth-order valence-electron chi connectivity index (χ4n) is 2.44. The summed E-state index contributed by atoms with van der Waals surface area (Å²) in [6.07, 6.45) is 9.44. The van der Waals surface area contributed by atoms with Crippen LogP contribution < -0.4 is 4.90 Å². The molecule has 1 heterocycles. The summed E-state index contributed by atoms with van der Waals surface area (Å²) in [4.78, 5) is 4.57. The summed E-state index contributed by atoms with van der Waals surface area (Å²) in [5, 5.41) is 0. The number of anilines is 2. The second-order valence-corrected chi connectivity index (χ2v) is 5.67. The standard InChI is InChI=1S/C19H15NS/c1-3-10-18-16(4-2)20(15-11-6-5-7-12-15)17-13-8-9-14-19(17)21-18/h1,4-14H,2H3/b16-4+,18-10+. The average molecular weight is 289 g/mol. The minimum atomic E-state index is 1.10. The van der Waals surface area contributed by atoms with Gasteiger partial charge < -0.3 is 4.90 Å². The number of terminal acetylenes is 1. The lowest BCUT2D eigenvalue weighted by atomic mass is 10.2. The normalized spacial score (nSPS) is 17.6. The molecule has 0 saturated heterocycles. The van der Waals surface area contributed by atoms with Gasteiger partial charge in [-0.05, 0) is 31.2 Å². The average Bonchev–Trinajstić information content (AvgIpc) is 2.54. The highest BCUT2D eigenvalue weighted by Gasteiger charge is 2.26. The first-order valence-corrected chi connectivity index (χ1v) is 7.62. The Bertz CT molecular complexity index is 751. The molecule has 0 atom stereocenters. The molecule has 2 heteroatoms. The van der Waals surface area contributed by atoms with E-state index in [0.717, 1.165) is 16.3 Å². The van der Waals surface area contributed by atoms with Crippen LogP contribution in [-0.4, -0.2) is 0 Å². The lowest BCUT2D eigenvalue weighted by Gasteiger charge is -2.34. The largest absolute Gasteiger partial charge is 0.309 e. The Balaban J connectivity index is 2.23. The van der Waals surface area contributed by atoms with E-state index in [0.29, 0.717) is 0 Å². The van der Waals surface area contributed by atoms with E-state index in [2.05, 4.69) is 65.4 Å². The molecule has 0 radical (unpaired) electrons. The zero-order valence-corrected chi connectivity index (χ0v) is 12.6. The van der Waals surface area contributed by atoms with Crippen molar-refractivity contribution in [2.75, 3.05) is 4.90 Å². The SMILES string of the molecule is C#C/C=C1/Sc2ccccc2N(c2ccccc2)/C1=C/C. The van der Waals surface area contributed by atoms with Crippen molar-refractivity contribution in [2.24, 2.45) is 0 Å². The first-order chi connectivity index (χ1) is 10.3. The number of hydrogen-bond acceptors (Lipinski definition) is 2. The molecule has 0 saturated carbocycles. The minimum absolute atomic E-state index is 1.10. The van der Waals surface area contributed by atoms with Crippen LogP contribution in [0, 0.1) is 12.3 Å². The highest BCUT2D eigenvalue weighted by Crippen LogP contribution is 2.48. The molecule has 0 unspecified atom stereocenters. The smallest absolute Gasteiger partial charge is 0.0601 e. The molecular weight excluding hydrogens is 274 g/mol. The molecule has 2 aromatic rings. The van der Waals surface area contributed by atoms with E-state index in [9.17, 15) is 0 Å². The molecule has 2 aromatic carbocycles. The maximum Gasteiger partial charge on any atom is 0.0601 e. The van der Waals surface area contributed by atoms with Gasteiger partial charge in [0, 0.05) is 21.6 Å². The first kappa shape index (κ1) is 13.6. The number of benzene rings is 2. The lowest BCUT2D eigenvalue weighted by molar-refractivity contribution is 1.14. The van der Waals surface area contributed by atoms with Crippen LogP contribution in [0.4, 0.5) is 11.4 Å². The summed E-state index contributed by atoms with van der Waals surface area (Å²) in [5.74, 6) is 2.65. The molecule has 3 rings (SSSR count). The van der Waals surface area contributed by atoms with E-state index in [-0.39, 0.29) is 0 Å². The molecule has 0 bridgehead atoms. The van der Waals surface area contributed by atoms with Crippen molar-refractivity contribution >= 4 is 23.1 Å². The second-order valence-electron chi connectivity index (χ2n) is 4.59. The Hall–Kier alpha value is -2.37. The van der Waals surface area contributed by atoms with E-state index in [1.165, 1.54) is 10.6 Å². The van der Waals surface area contributed by atoms with Crippen molar-refractivity contribution in [1.29, 1.82) is 0 Å². The lowest BCUT2D eigenvalue weighted by Crippen LogP contribution is -2.20. The van der Waals surface area contributed by atoms with Crippen molar-refractivity contribution in [3.05, 3.63) is 77.4 Å². The van der Waals surface area contributed by atoms with Gasteiger partial charge in [-0.25, -0.2) is 0 Å². The van der Waals surface area contributed by atoms with Gasteiger partial charge in [-0.3, -0.25) is 0 Å². The van der Waals surface area contributed by atoms with Crippen molar-refractivity contribution in [3.8, 4) is 12.3 Å². The van der Waals surface area contributed by atoms with Crippen molar-refractivity contribution < 1.29 is 0 Å². The molecule has 0 amide bonds. The molecule has 1 aliphatic heterocycles. The fraction of sp³-hybridized carbons (Fsp3) is 0.0526. The van der Waals surface area contributed by atoms with Crippen molar-refractivity contribution in [2.45, 2.75) is 11.8 Å². The minimum Gasteiger partial charge on any atom is -0.309 e. The van der Waals surface area contributed by atoms with Gasteiger partial charge in [0.05, 0.1) is 11.4 Å². The third-order valence-electron chi connectivity index (χ3n) is 3.32. The van der Waals surface area contributed by atoms with E-state index in [1.807, 2.05) is 19.1 Å². The van der Waals surface area contributed by atoms with Gasteiger partial charge in [0.1, 0.15) is 0 Å². The van der Waals surface area contributed by atoms with E-state index in [1.54, 1.807) is 11.8 Å². The van der Waals surface area contributed by atoms with E-state index < -0.39 is 0 Å². The number of allylic oxidation sites excluding steroid dienone is 2. The summed E-state index contributed by atoms with van der Waals surface area (Å²) in [6, 6.07) is 18.8. The quantitative estimate of drug-likeness (QED) is 0.651. The van der Waals surface area contributed by atoms with Crippen LogP contribution in [-0.2, 0) is 0 Å². The third kappa shape index (κ3) is 2.49. The molecule has 1 aliphatic rings. The third-order valence-corrected chi connectivity index (χ3v) is 4.43. The van der Waals surface area contributed by atoms with Gasteiger partial charge in [0.15, 0.2) is 0 Å². The number of para-hydroxylation sites is 2. The Kier molecular flexibility index (Phi) is 3.85. The molecule has 0 aliphatic carbocycles. The van der Waals surface area contributed by atoms with Gasteiger partial charge in [-0.2, -0.15) is 0 Å². The van der Waals surface area contributed by atoms with Gasteiger partial charge >= 0.3 is 0 Å². The van der Waals surface area contributed by atoms with Crippen molar-refractivity contribution in [1.82, 2.24) is 0 Å². The summed E-state index contributed by atoms with van der Waals surface area (Å²) in [5.41, 5.74) is 3.46. The molecule has 21 heavy (non-hydrogen) atoms. The van der Waals surface area contributed by atoms with Gasteiger partial charge in [0.2, 0.25) is 0 Å². The molecule has 0 spiro atoms. The number of thioether (sulfide) groups is 1. The number of fused-ring (bicyclic) bond motifs is 1. The Labute approximate surface area is 130 Å². The van der Waals surface area contributed by atoms with Gasteiger partial charge in [0.25, 0.3) is 0 Å².